The number of hydrogen-bond donors (Lipinski definition) is 0. The molecule has 0 atom stereocenters. The average Bonchev–Trinajstić information content (AvgIpc) is 2.39. The molecular formula is C12H12ClNO4. The molecule has 0 saturated carbocycles. The van der Waals surface area contributed by atoms with E-state index in [0.717, 1.165) is 5.56 Å². The number of carbonyl (C=O) groups excluding carboxylic acids is 2. The van der Waals surface area contributed by atoms with Gasteiger partial charge in [-0.25, -0.2) is 0 Å². The van der Waals surface area contributed by atoms with E-state index >= 15 is 0 Å². The average molecular weight is 270 g/mol. The van der Waals surface area contributed by atoms with Gasteiger partial charge in [-0.3, -0.25) is 9.59 Å². The summed E-state index contributed by atoms with van der Waals surface area (Å²) < 4.78 is 4.33. The molecule has 6 heteroatoms. The first-order chi connectivity index (χ1) is 8.63. The lowest BCUT2D eigenvalue weighted by Crippen LogP contribution is -2.15. The molecule has 1 aromatic rings. The van der Waals surface area contributed by atoms with E-state index in [0.29, 0.717) is 0 Å². The first-order valence-electron chi connectivity index (χ1n) is 5.13. The minimum Gasteiger partial charge on any atom is -0.469 e. The van der Waals surface area contributed by atoms with Crippen LogP contribution in [-0.4, -0.2) is 24.0 Å². The molecule has 0 bridgehead atoms. The zero-order valence-corrected chi connectivity index (χ0v) is 10.5. The summed E-state index contributed by atoms with van der Waals surface area (Å²) >= 11 is 5.57. The topological polar surface area (TPSA) is 65.0 Å². The van der Waals surface area contributed by atoms with Crippen molar-refractivity contribution >= 4 is 28.5 Å². The molecule has 18 heavy (non-hydrogen) atoms. The smallest absolute Gasteiger partial charge is 0.313 e. The van der Waals surface area contributed by atoms with E-state index in [-0.39, 0.29) is 11.8 Å². The number of benzene rings is 1. The lowest BCUT2D eigenvalue weighted by molar-refractivity contribution is -0.142. The number of Topliss-reactive ketones (excluding diaryl/α,β-unsaturated/α-hetero) is 1. The van der Waals surface area contributed by atoms with Crippen LogP contribution in [0.3, 0.4) is 0 Å². The second-order valence-electron chi connectivity index (χ2n) is 3.32. The largest absolute Gasteiger partial charge is 0.469 e. The van der Waals surface area contributed by atoms with Crippen molar-refractivity contribution in [2.24, 2.45) is 5.16 Å². The molecule has 0 amide bonds. The van der Waals surface area contributed by atoms with E-state index in [1.54, 1.807) is 0 Å². The van der Waals surface area contributed by atoms with Crippen LogP contribution in [0, 0.1) is 0 Å². The van der Waals surface area contributed by atoms with Gasteiger partial charge in [0.2, 0.25) is 11.0 Å². The van der Waals surface area contributed by atoms with Gasteiger partial charge in [0.05, 0.1) is 7.11 Å². The molecule has 96 valence electrons. The highest BCUT2D eigenvalue weighted by atomic mass is 35.5. The van der Waals surface area contributed by atoms with Gasteiger partial charge in [0.25, 0.3) is 0 Å². The number of ether oxygens (including phenoxy) is 1. The second-order valence-corrected chi connectivity index (χ2v) is 3.68. The molecule has 0 saturated heterocycles. The molecule has 5 nitrogen and oxygen atoms in total. The summed E-state index contributed by atoms with van der Waals surface area (Å²) in [6.07, 6.45) is -0.451. The minimum absolute atomic E-state index is 0.197. The van der Waals surface area contributed by atoms with Crippen molar-refractivity contribution in [3.05, 3.63) is 35.9 Å². The quantitative estimate of drug-likeness (QED) is 0.342. The summed E-state index contributed by atoms with van der Waals surface area (Å²) in [7, 11) is 1.19. The number of ketones is 1. The Morgan fingerprint density at radius 2 is 1.94 bits per heavy atom. The Balaban J connectivity index is 2.42. The van der Waals surface area contributed by atoms with Crippen LogP contribution in [0.5, 0.6) is 0 Å². The third-order valence-electron chi connectivity index (χ3n) is 1.98. The number of halogens is 1. The summed E-state index contributed by atoms with van der Waals surface area (Å²) in [6, 6.07) is 9.28. The number of rotatable bonds is 6. The maximum absolute atomic E-state index is 11.3. The van der Waals surface area contributed by atoms with Crippen LogP contribution in [0.1, 0.15) is 12.0 Å². The molecule has 0 spiro atoms. The van der Waals surface area contributed by atoms with Crippen molar-refractivity contribution in [1.29, 1.82) is 0 Å². The van der Waals surface area contributed by atoms with Crippen molar-refractivity contribution in [1.82, 2.24) is 0 Å². The first-order valence-corrected chi connectivity index (χ1v) is 5.50. The van der Waals surface area contributed by atoms with Gasteiger partial charge >= 0.3 is 5.97 Å². The Morgan fingerprint density at radius 1 is 1.28 bits per heavy atom. The zero-order chi connectivity index (χ0) is 13.4. The van der Waals surface area contributed by atoms with Gasteiger partial charge in [-0.2, -0.15) is 0 Å². The zero-order valence-electron chi connectivity index (χ0n) is 9.76. The van der Waals surface area contributed by atoms with Gasteiger partial charge in [0.15, 0.2) is 0 Å². The highest BCUT2D eigenvalue weighted by Crippen LogP contribution is 2.02. The predicted octanol–water partition coefficient (Wildman–Crippen LogP) is 1.89. The van der Waals surface area contributed by atoms with Gasteiger partial charge in [-0.15, -0.1) is 0 Å². The Labute approximate surface area is 109 Å². The van der Waals surface area contributed by atoms with Crippen molar-refractivity contribution in [2.45, 2.75) is 13.0 Å². The van der Waals surface area contributed by atoms with Crippen molar-refractivity contribution in [3.63, 3.8) is 0 Å². The number of methoxy groups -OCH3 is 1. The molecule has 0 heterocycles. The molecule has 0 radical (unpaired) electrons. The van der Waals surface area contributed by atoms with Gasteiger partial charge in [-0.1, -0.05) is 47.1 Å². The van der Waals surface area contributed by atoms with E-state index in [4.69, 9.17) is 16.4 Å². The van der Waals surface area contributed by atoms with Gasteiger partial charge in [0.1, 0.15) is 13.0 Å². The minimum atomic E-state index is -0.670. The van der Waals surface area contributed by atoms with Crippen LogP contribution in [0.2, 0.25) is 0 Å². The maximum atomic E-state index is 11.3. The van der Waals surface area contributed by atoms with Crippen molar-refractivity contribution in [3.8, 4) is 0 Å². The lowest BCUT2D eigenvalue weighted by atomic mass is 10.2. The number of hydrogen-bond acceptors (Lipinski definition) is 5. The van der Waals surface area contributed by atoms with Crippen LogP contribution in [0.15, 0.2) is 35.5 Å². The fourth-order valence-electron chi connectivity index (χ4n) is 1.06. The summed E-state index contributed by atoms with van der Waals surface area (Å²) in [5, 5.41) is 3.05. The van der Waals surface area contributed by atoms with E-state index in [1.807, 2.05) is 30.3 Å². The maximum Gasteiger partial charge on any atom is 0.313 e. The van der Waals surface area contributed by atoms with Crippen LogP contribution in [0.25, 0.3) is 0 Å². The van der Waals surface area contributed by atoms with E-state index in [2.05, 4.69) is 9.89 Å². The monoisotopic (exact) mass is 269 g/mol. The van der Waals surface area contributed by atoms with Gasteiger partial charge in [-0.05, 0) is 5.56 Å². The fraction of sp³-hybridized carbons (Fsp3) is 0.250. The molecule has 1 aromatic carbocycles. The SMILES string of the molecule is COC(=O)CC(=O)C(Cl)=NOCc1ccccc1. The Bertz CT molecular complexity index is 445. The molecule has 0 N–H and O–H groups in total. The molecule has 1 rings (SSSR count). The van der Waals surface area contributed by atoms with Crippen LogP contribution in [0.4, 0.5) is 0 Å². The summed E-state index contributed by atoms with van der Waals surface area (Å²) in [5.41, 5.74) is 0.895. The molecule has 0 aromatic heterocycles. The van der Waals surface area contributed by atoms with Crippen LogP contribution >= 0.6 is 11.6 Å². The molecule has 0 aliphatic heterocycles. The Kier molecular flexibility index (Phi) is 5.87. The van der Waals surface area contributed by atoms with E-state index < -0.39 is 18.2 Å². The highest BCUT2D eigenvalue weighted by Gasteiger charge is 2.14. The first kappa shape index (κ1) is 14.2. The standard InChI is InChI=1S/C12H12ClNO4/c1-17-11(16)7-10(15)12(13)14-18-8-9-5-3-2-4-6-9/h2-6H,7-8H2,1H3. The van der Waals surface area contributed by atoms with Gasteiger partial charge < -0.3 is 9.57 Å². The number of nitrogens with zero attached hydrogens (tertiary/aromatic N) is 1. The predicted molar refractivity (Wildman–Crippen MR) is 66.2 cm³/mol. The Hall–Kier alpha value is -1.88. The Morgan fingerprint density at radius 3 is 2.56 bits per heavy atom. The van der Waals surface area contributed by atoms with Crippen LogP contribution in [-0.2, 0) is 25.8 Å². The number of carbonyl (C=O) groups is 2. The summed E-state index contributed by atoms with van der Waals surface area (Å²) in [6.45, 7) is 0.197. The fourth-order valence-corrected chi connectivity index (χ4v) is 1.18. The van der Waals surface area contributed by atoms with Gasteiger partial charge in [0, 0.05) is 0 Å². The summed E-state index contributed by atoms with van der Waals surface area (Å²) in [4.78, 5) is 27.0. The van der Waals surface area contributed by atoms with E-state index in [1.165, 1.54) is 7.11 Å². The number of oxime groups is 1. The second kappa shape index (κ2) is 7.45. The van der Waals surface area contributed by atoms with Crippen molar-refractivity contribution in [2.75, 3.05) is 7.11 Å². The normalized spacial score (nSPS) is 10.9. The third kappa shape index (κ3) is 4.97. The van der Waals surface area contributed by atoms with Crippen molar-refractivity contribution < 1.29 is 19.2 Å². The molecule has 0 aliphatic carbocycles. The highest BCUT2D eigenvalue weighted by molar-refractivity contribution is 6.83. The third-order valence-corrected chi connectivity index (χ3v) is 2.26. The molecular weight excluding hydrogens is 258 g/mol. The molecule has 0 unspecified atom stereocenters. The molecule has 0 fully saturated rings. The van der Waals surface area contributed by atoms with E-state index in [9.17, 15) is 9.59 Å². The summed E-state index contributed by atoms with van der Waals surface area (Å²) in [5.74, 6) is -1.31. The number of esters is 1. The molecule has 0 aliphatic rings. The van der Waals surface area contributed by atoms with Crippen LogP contribution < -0.4 is 0 Å². The lowest BCUT2D eigenvalue weighted by Gasteiger charge is -2.00.